The molecule has 0 aliphatic heterocycles. The maximum atomic E-state index is 10.8. The molecule has 3 nitrogen and oxygen atoms in total. The van der Waals surface area contributed by atoms with Gasteiger partial charge in [0, 0.05) is 25.9 Å². The average Bonchev–Trinajstić information content (AvgIpc) is 1.86. The van der Waals surface area contributed by atoms with Crippen LogP contribution in [0.25, 0.3) is 0 Å². The number of carbonyl (C=O) groups excluding carboxylic acids is 1. The molecule has 1 amide bonds. The van der Waals surface area contributed by atoms with Gasteiger partial charge in [-0.3, -0.25) is 4.79 Å². The van der Waals surface area contributed by atoms with E-state index in [4.69, 9.17) is 5.73 Å². The third-order valence-corrected chi connectivity index (χ3v) is 1.25. The van der Waals surface area contributed by atoms with Gasteiger partial charge in [0.15, 0.2) is 0 Å². The van der Waals surface area contributed by atoms with Crippen LogP contribution in [0.4, 0.5) is 0 Å². The van der Waals surface area contributed by atoms with E-state index in [2.05, 4.69) is 0 Å². The van der Waals surface area contributed by atoms with Gasteiger partial charge in [-0.05, 0) is 6.42 Å². The molecular weight excluding hydrogens is 176 g/mol. The quantitative estimate of drug-likeness (QED) is 0.680. The first-order chi connectivity index (χ1) is 5.07. The van der Waals surface area contributed by atoms with E-state index in [0.29, 0.717) is 5.57 Å². The van der Waals surface area contributed by atoms with E-state index in [-0.39, 0.29) is 18.3 Å². The third kappa shape index (κ3) is 6.04. The Labute approximate surface area is 80.0 Å². The molecule has 12 heavy (non-hydrogen) atoms. The molecule has 0 aromatic rings. The van der Waals surface area contributed by atoms with Gasteiger partial charge < -0.3 is 10.6 Å². The van der Waals surface area contributed by atoms with Gasteiger partial charge in [-0.25, -0.2) is 0 Å². The van der Waals surface area contributed by atoms with E-state index in [1.165, 1.54) is 0 Å². The lowest BCUT2D eigenvalue weighted by atomic mass is 10.1. The fraction of sp³-hybridized carbons (Fsp3) is 0.625. The smallest absolute Gasteiger partial charge is 0.246 e. The zero-order valence-corrected chi connectivity index (χ0v) is 8.65. The number of nitrogens with two attached hydrogens (primary N) is 1. The lowest BCUT2D eigenvalue weighted by Gasteiger charge is -2.07. The van der Waals surface area contributed by atoms with E-state index < -0.39 is 0 Å². The Balaban J connectivity index is 0. The minimum atomic E-state index is -0.319. The van der Waals surface area contributed by atoms with Crippen LogP contribution in [0.3, 0.4) is 0 Å². The summed E-state index contributed by atoms with van der Waals surface area (Å²) in [6, 6.07) is 0. The Hall–Kier alpha value is -0.700. The average molecular weight is 193 g/mol. The number of primary amides is 1. The van der Waals surface area contributed by atoms with Gasteiger partial charge in [0.2, 0.25) is 5.91 Å². The molecule has 0 aromatic carbocycles. The molecule has 0 saturated heterocycles. The SMILES string of the molecule is CCCC(=CN(C)C)C(N)=O.Cl. The van der Waals surface area contributed by atoms with Crippen molar-refractivity contribution in [2.45, 2.75) is 19.8 Å². The number of rotatable bonds is 4. The molecule has 0 bridgehead atoms. The Bertz CT molecular complexity index is 166. The Morgan fingerprint density at radius 1 is 1.50 bits per heavy atom. The van der Waals surface area contributed by atoms with Crippen molar-refractivity contribution in [3.05, 3.63) is 11.8 Å². The molecule has 0 aliphatic rings. The van der Waals surface area contributed by atoms with E-state index in [1.54, 1.807) is 6.20 Å². The van der Waals surface area contributed by atoms with Crippen molar-refractivity contribution in [2.24, 2.45) is 5.73 Å². The highest BCUT2D eigenvalue weighted by atomic mass is 35.5. The van der Waals surface area contributed by atoms with Gasteiger partial charge in [0.1, 0.15) is 0 Å². The molecule has 0 rings (SSSR count). The van der Waals surface area contributed by atoms with E-state index in [1.807, 2.05) is 25.9 Å². The first-order valence-electron chi connectivity index (χ1n) is 3.74. The minimum absolute atomic E-state index is 0. The summed E-state index contributed by atoms with van der Waals surface area (Å²) in [7, 11) is 3.75. The number of hydrogen-bond donors (Lipinski definition) is 1. The molecule has 0 saturated carbocycles. The van der Waals surface area contributed by atoms with Crippen molar-refractivity contribution in [3.63, 3.8) is 0 Å². The summed E-state index contributed by atoms with van der Waals surface area (Å²) in [6.07, 6.45) is 3.47. The van der Waals surface area contributed by atoms with E-state index in [9.17, 15) is 4.79 Å². The van der Waals surface area contributed by atoms with Crippen molar-refractivity contribution >= 4 is 18.3 Å². The molecule has 0 aliphatic carbocycles. The number of nitrogens with zero attached hydrogens (tertiary/aromatic N) is 1. The summed E-state index contributed by atoms with van der Waals surface area (Å²) < 4.78 is 0. The number of halogens is 1. The van der Waals surface area contributed by atoms with Crippen molar-refractivity contribution in [1.82, 2.24) is 4.90 Å². The van der Waals surface area contributed by atoms with E-state index in [0.717, 1.165) is 12.8 Å². The maximum Gasteiger partial charge on any atom is 0.246 e. The lowest BCUT2D eigenvalue weighted by molar-refractivity contribution is -0.114. The molecule has 0 unspecified atom stereocenters. The van der Waals surface area contributed by atoms with Gasteiger partial charge >= 0.3 is 0 Å². The van der Waals surface area contributed by atoms with Gasteiger partial charge in [-0.15, -0.1) is 12.4 Å². The topological polar surface area (TPSA) is 46.3 Å². The molecule has 2 N–H and O–H groups in total. The third-order valence-electron chi connectivity index (χ3n) is 1.25. The van der Waals surface area contributed by atoms with Crippen LogP contribution in [0.15, 0.2) is 11.8 Å². The zero-order valence-electron chi connectivity index (χ0n) is 7.83. The zero-order chi connectivity index (χ0) is 8.85. The van der Waals surface area contributed by atoms with Crippen molar-refractivity contribution in [2.75, 3.05) is 14.1 Å². The van der Waals surface area contributed by atoms with Crippen LogP contribution in [-0.2, 0) is 4.79 Å². The standard InChI is InChI=1S/C8H16N2O.ClH/c1-4-5-7(8(9)11)6-10(2)3;/h6H,4-5H2,1-3H3,(H2,9,11);1H. The molecule has 4 heteroatoms. The second-order valence-electron chi connectivity index (χ2n) is 2.73. The van der Waals surface area contributed by atoms with E-state index >= 15 is 0 Å². The van der Waals surface area contributed by atoms with Crippen molar-refractivity contribution in [1.29, 1.82) is 0 Å². The molecule has 72 valence electrons. The minimum Gasteiger partial charge on any atom is -0.383 e. The number of carbonyl (C=O) groups is 1. The fourth-order valence-electron chi connectivity index (χ4n) is 0.832. The Morgan fingerprint density at radius 2 is 2.00 bits per heavy atom. The first kappa shape index (κ1) is 13.9. The monoisotopic (exact) mass is 192 g/mol. The Kier molecular flexibility index (Phi) is 8.06. The van der Waals surface area contributed by atoms with Gasteiger partial charge in [0.25, 0.3) is 0 Å². The van der Waals surface area contributed by atoms with Crippen LogP contribution >= 0.6 is 12.4 Å². The largest absolute Gasteiger partial charge is 0.383 e. The maximum absolute atomic E-state index is 10.8. The summed E-state index contributed by atoms with van der Waals surface area (Å²) in [4.78, 5) is 12.6. The summed E-state index contributed by atoms with van der Waals surface area (Å²) in [6.45, 7) is 2.02. The molecule has 0 atom stereocenters. The van der Waals surface area contributed by atoms with Crippen LogP contribution in [0, 0.1) is 0 Å². The summed E-state index contributed by atoms with van der Waals surface area (Å²) in [5, 5.41) is 0. The highest BCUT2D eigenvalue weighted by Crippen LogP contribution is 2.03. The van der Waals surface area contributed by atoms with Gasteiger partial charge in [0.05, 0.1) is 0 Å². The van der Waals surface area contributed by atoms with Gasteiger partial charge in [-0.1, -0.05) is 13.3 Å². The molecule has 0 fully saturated rings. The van der Waals surface area contributed by atoms with Gasteiger partial charge in [-0.2, -0.15) is 0 Å². The summed E-state index contributed by atoms with van der Waals surface area (Å²) >= 11 is 0. The number of hydrogen-bond acceptors (Lipinski definition) is 2. The summed E-state index contributed by atoms with van der Waals surface area (Å²) in [5.74, 6) is -0.319. The predicted octanol–water partition coefficient (Wildman–Crippen LogP) is 1.14. The molecule has 0 radical (unpaired) electrons. The van der Waals surface area contributed by atoms with Crippen LogP contribution in [0.1, 0.15) is 19.8 Å². The normalized spacial score (nSPS) is 10.4. The number of amides is 1. The second kappa shape index (κ2) is 6.98. The van der Waals surface area contributed by atoms with Crippen LogP contribution in [0.5, 0.6) is 0 Å². The molecule has 0 heterocycles. The lowest BCUT2D eigenvalue weighted by Crippen LogP contribution is -2.16. The molecular formula is C8H17ClN2O. The fourth-order valence-corrected chi connectivity index (χ4v) is 0.832. The highest BCUT2D eigenvalue weighted by Gasteiger charge is 2.02. The van der Waals surface area contributed by atoms with Crippen LogP contribution < -0.4 is 5.73 Å². The molecule has 0 aromatic heterocycles. The predicted molar refractivity (Wildman–Crippen MR) is 53.1 cm³/mol. The van der Waals surface area contributed by atoms with Crippen LogP contribution in [-0.4, -0.2) is 24.9 Å². The van der Waals surface area contributed by atoms with Crippen molar-refractivity contribution < 1.29 is 4.79 Å². The van der Waals surface area contributed by atoms with Crippen LogP contribution in [0.2, 0.25) is 0 Å². The summed E-state index contributed by atoms with van der Waals surface area (Å²) in [5.41, 5.74) is 5.83. The highest BCUT2D eigenvalue weighted by molar-refractivity contribution is 5.91. The first-order valence-corrected chi connectivity index (χ1v) is 3.74. The van der Waals surface area contributed by atoms with Crippen molar-refractivity contribution in [3.8, 4) is 0 Å². The Morgan fingerprint density at radius 3 is 2.25 bits per heavy atom. The second-order valence-corrected chi connectivity index (χ2v) is 2.73. The molecule has 0 spiro atoms.